The van der Waals surface area contributed by atoms with Gasteiger partial charge in [0.25, 0.3) is 11.6 Å². The number of benzene rings is 2. The maximum Gasteiger partial charge on any atom is 0.277 e. The highest BCUT2D eigenvalue weighted by Crippen LogP contribution is 2.33. The number of ether oxygens (including phenoxy) is 2. The van der Waals surface area contributed by atoms with Crippen LogP contribution in [0.3, 0.4) is 0 Å². The van der Waals surface area contributed by atoms with Crippen molar-refractivity contribution in [2.45, 2.75) is 13.8 Å². The number of nitro groups is 1. The SMILES string of the molecule is CCOc1cc([N+](=O)[O-])cc(/C=N/NC(=O)COc2ccc(Cl)c(C)c2)c1O. The Kier molecular flexibility index (Phi) is 7.16. The van der Waals surface area contributed by atoms with E-state index >= 15 is 0 Å². The number of aryl methyl sites for hydroxylation is 1. The number of halogens is 1. The molecule has 9 nitrogen and oxygen atoms in total. The smallest absolute Gasteiger partial charge is 0.277 e. The van der Waals surface area contributed by atoms with Crippen molar-refractivity contribution in [3.05, 3.63) is 56.6 Å². The number of non-ortho nitro benzene ring substituents is 1. The third kappa shape index (κ3) is 5.58. The maximum absolute atomic E-state index is 11.8. The largest absolute Gasteiger partial charge is 0.504 e. The van der Waals surface area contributed by atoms with E-state index in [1.54, 1.807) is 25.1 Å². The van der Waals surface area contributed by atoms with Gasteiger partial charge in [0.1, 0.15) is 5.75 Å². The molecule has 0 heterocycles. The molecule has 0 fully saturated rings. The monoisotopic (exact) mass is 407 g/mol. The molecule has 0 radical (unpaired) electrons. The van der Waals surface area contributed by atoms with E-state index in [-0.39, 0.29) is 36.0 Å². The third-order valence-corrected chi connectivity index (χ3v) is 3.92. The zero-order valence-corrected chi connectivity index (χ0v) is 15.9. The van der Waals surface area contributed by atoms with Gasteiger partial charge >= 0.3 is 0 Å². The van der Waals surface area contributed by atoms with Gasteiger partial charge in [0.2, 0.25) is 0 Å². The highest BCUT2D eigenvalue weighted by molar-refractivity contribution is 6.31. The molecule has 0 atom stereocenters. The van der Waals surface area contributed by atoms with E-state index in [4.69, 9.17) is 21.1 Å². The second kappa shape index (κ2) is 9.56. The average Bonchev–Trinajstić information content (AvgIpc) is 2.65. The molecule has 28 heavy (non-hydrogen) atoms. The second-order valence-corrected chi connectivity index (χ2v) is 5.97. The van der Waals surface area contributed by atoms with Gasteiger partial charge in [-0.3, -0.25) is 14.9 Å². The number of phenols is 1. The molecule has 0 spiro atoms. The molecule has 2 aromatic rings. The molecule has 0 saturated heterocycles. The van der Waals surface area contributed by atoms with Crippen molar-refractivity contribution in [2.24, 2.45) is 5.10 Å². The predicted octanol–water partition coefficient (Wildman–Crippen LogP) is 3.19. The molecule has 0 saturated carbocycles. The number of carbonyl (C=O) groups excluding carboxylic acids is 1. The second-order valence-electron chi connectivity index (χ2n) is 5.56. The van der Waals surface area contributed by atoms with Crippen LogP contribution < -0.4 is 14.9 Å². The van der Waals surface area contributed by atoms with E-state index in [0.717, 1.165) is 23.9 Å². The summed E-state index contributed by atoms with van der Waals surface area (Å²) in [6.07, 6.45) is 1.08. The summed E-state index contributed by atoms with van der Waals surface area (Å²) in [4.78, 5) is 22.2. The van der Waals surface area contributed by atoms with E-state index in [1.165, 1.54) is 0 Å². The topological polar surface area (TPSA) is 123 Å². The lowest BCUT2D eigenvalue weighted by Crippen LogP contribution is -2.24. The van der Waals surface area contributed by atoms with Gasteiger partial charge in [-0.25, -0.2) is 5.43 Å². The predicted molar refractivity (Wildman–Crippen MR) is 103 cm³/mol. The normalized spacial score (nSPS) is 10.7. The van der Waals surface area contributed by atoms with Gasteiger partial charge < -0.3 is 14.6 Å². The molecule has 1 amide bonds. The molecule has 0 aromatic heterocycles. The fourth-order valence-corrected chi connectivity index (χ4v) is 2.26. The number of nitrogens with zero attached hydrogens (tertiary/aromatic N) is 2. The number of aromatic hydroxyl groups is 1. The number of nitro benzene ring substituents is 1. The van der Waals surface area contributed by atoms with Crippen molar-refractivity contribution in [3.63, 3.8) is 0 Å². The van der Waals surface area contributed by atoms with Crippen LogP contribution in [0.15, 0.2) is 35.4 Å². The fraction of sp³-hybridized carbons (Fsp3) is 0.222. The number of hydrogen-bond acceptors (Lipinski definition) is 7. The molecule has 148 valence electrons. The molecule has 0 aliphatic heterocycles. The summed E-state index contributed by atoms with van der Waals surface area (Å²) in [5.74, 6) is -0.457. The molecule has 2 N–H and O–H groups in total. The van der Waals surface area contributed by atoms with Crippen molar-refractivity contribution < 1.29 is 24.3 Å². The number of hydrogen-bond donors (Lipinski definition) is 2. The van der Waals surface area contributed by atoms with Crippen LogP contribution in [0.2, 0.25) is 5.02 Å². The Morgan fingerprint density at radius 1 is 1.36 bits per heavy atom. The number of carbonyl (C=O) groups is 1. The van der Waals surface area contributed by atoms with Gasteiger partial charge in [-0.15, -0.1) is 0 Å². The van der Waals surface area contributed by atoms with E-state index in [9.17, 15) is 20.0 Å². The summed E-state index contributed by atoms with van der Waals surface area (Å²) in [7, 11) is 0. The first kappa shape index (κ1) is 21.0. The minimum Gasteiger partial charge on any atom is -0.504 e. The Balaban J connectivity index is 2.01. The van der Waals surface area contributed by atoms with Crippen LogP contribution in [0.25, 0.3) is 0 Å². The Bertz CT molecular complexity index is 916. The van der Waals surface area contributed by atoms with Crippen molar-refractivity contribution in [2.75, 3.05) is 13.2 Å². The highest BCUT2D eigenvalue weighted by Gasteiger charge is 2.16. The van der Waals surface area contributed by atoms with Gasteiger partial charge in [0, 0.05) is 16.7 Å². The molecule has 10 heteroatoms. The molecule has 0 unspecified atom stereocenters. The van der Waals surface area contributed by atoms with Crippen LogP contribution in [0.1, 0.15) is 18.1 Å². The maximum atomic E-state index is 11.8. The van der Waals surface area contributed by atoms with E-state index < -0.39 is 10.8 Å². The van der Waals surface area contributed by atoms with Gasteiger partial charge in [-0.2, -0.15) is 5.10 Å². The van der Waals surface area contributed by atoms with Crippen LogP contribution >= 0.6 is 11.6 Å². The lowest BCUT2D eigenvalue weighted by atomic mass is 10.1. The van der Waals surface area contributed by atoms with Crippen LogP contribution in [0, 0.1) is 17.0 Å². The minimum absolute atomic E-state index is 0.0206. The first-order valence-corrected chi connectivity index (χ1v) is 8.54. The van der Waals surface area contributed by atoms with E-state index in [2.05, 4.69) is 10.5 Å². The van der Waals surface area contributed by atoms with Crippen LogP contribution in [-0.4, -0.2) is 35.4 Å². The van der Waals surface area contributed by atoms with Crippen LogP contribution in [-0.2, 0) is 4.79 Å². The highest BCUT2D eigenvalue weighted by atomic mass is 35.5. The van der Waals surface area contributed by atoms with Crippen molar-refractivity contribution >= 4 is 29.4 Å². The Hall–Kier alpha value is -3.33. The molecule has 2 aromatic carbocycles. The number of nitrogens with one attached hydrogen (secondary N) is 1. The Morgan fingerprint density at radius 2 is 2.11 bits per heavy atom. The fourth-order valence-electron chi connectivity index (χ4n) is 2.15. The lowest BCUT2D eigenvalue weighted by Gasteiger charge is -2.08. The summed E-state index contributed by atoms with van der Waals surface area (Å²) in [6, 6.07) is 7.19. The molecular formula is C18H18ClN3O6. The first-order chi connectivity index (χ1) is 13.3. The zero-order valence-electron chi connectivity index (χ0n) is 15.1. The quantitative estimate of drug-likeness (QED) is 0.393. The van der Waals surface area contributed by atoms with Crippen molar-refractivity contribution in [3.8, 4) is 17.2 Å². The summed E-state index contributed by atoms with van der Waals surface area (Å²) in [6.45, 7) is 3.39. The van der Waals surface area contributed by atoms with Gasteiger partial charge in [0.05, 0.1) is 23.8 Å². The number of phenolic OH excluding ortho intramolecular Hbond substituents is 1. The van der Waals surface area contributed by atoms with Gasteiger partial charge in [0.15, 0.2) is 18.1 Å². The first-order valence-electron chi connectivity index (χ1n) is 8.16. The summed E-state index contributed by atoms with van der Waals surface area (Å²) in [5, 5.41) is 25.4. The summed E-state index contributed by atoms with van der Waals surface area (Å²) < 4.78 is 10.5. The van der Waals surface area contributed by atoms with Gasteiger partial charge in [-0.05, 0) is 37.6 Å². The third-order valence-electron chi connectivity index (χ3n) is 3.49. The van der Waals surface area contributed by atoms with Crippen molar-refractivity contribution in [1.82, 2.24) is 5.43 Å². The Labute approximate surface area is 165 Å². The minimum atomic E-state index is -0.625. The van der Waals surface area contributed by atoms with Crippen LogP contribution in [0.4, 0.5) is 5.69 Å². The summed E-state index contributed by atoms with van der Waals surface area (Å²) >= 11 is 5.92. The average molecular weight is 408 g/mol. The van der Waals surface area contributed by atoms with Gasteiger partial charge in [-0.1, -0.05) is 11.6 Å². The number of rotatable bonds is 8. The summed E-state index contributed by atoms with van der Waals surface area (Å²) in [5.41, 5.74) is 2.76. The molecule has 2 rings (SSSR count). The standard InChI is InChI=1S/C18H18ClN3O6/c1-3-27-16-8-13(22(25)26)7-12(18(16)24)9-20-21-17(23)10-28-14-4-5-15(19)11(2)6-14/h4-9,24H,3,10H2,1-2H3,(H,21,23)/b20-9+. The van der Waals surface area contributed by atoms with E-state index in [0.29, 0.717) is 10.8 Å². The van der Waals surface area contributed by atoms with Crippen molar-refractivity contribution in [1.29, 1.82) is 0 Å². The number of amides is 1. The van der Waals surface area contributed by atoms with Crippen LogP contribution in [0.5, 0.6) is 17.2 Å². The Morgan fingerprint density at radius 3 is 2.75 bits per heavy atom. The molecular weight excluding hydrogens is 390 g/mol. The zero-order chi connectivity index (χ0) is 20.7. The molecule has 0 bridgehead atoms. The lowest BCUT2D eigenvalue weighted by molar-refractivity contribution is -0.385. The molecule has 0 aliphatic carbocycles. The number of hydrazone groups is 1. The van der Waals surface area contributed by atoms with E-state index in [1.807, 2.05) is 6.92 Å². The molecule has 0 aliphatic rings.